The van der Waals surface area contributed by atoms with Crippen molar-refractivity contribution in [3.05, 3.63) is 29.0 Å². The SMILES string of the molecule is CCOC1(C(O)Cc2ccncc2Cl)CCCCC1. The normalized spacial score (nSPS) is 20.2. The third-order valence-corrected chi connectivity index (χ3v) is 4.35. The molecule has 2 rings (SSSR count). The second-order valence-electron chi connectivity index (χ2n) is 5.25. The van der Waals surface area contributed by atoms with Gasteiger partial charge >= 0.3 is 0 Å². The minimum Gasteiger partial charge on any atom is -0.390 e. The summed E-state index contributed by atoms with van der Waals surface area (Å²) in [6.45, 7) is 2.63. The number of halogens is 1. The predicted octanol–water partition coefficient (Wildman–Crippen LogP) is 3.38. The van der Waals surface area contributed by atoms with E-state index in [-0.39, 0.29) is 5.60 Å². The lowest BCUT2D eigenvalue weighted by Crippen LogP contribution is -2.47. The number of nitrogens with zero attached hydrogens (tertiary/aromatic N) is 1. The summed E-state index contributed by atoms with van der Waals surface area (Å²) in [7, 11) is 0. The molecule has 0 aliphatic heterocycles. The lowest BCUT2D eigenvalue weighted by atomic mass is 9.78. The number of aromatic nitrogens is 1. The Morgan fingerprint density at radius 2 is 2.16 bits per heavy atom. The van der Waals surface area contributed by atoms with Crippen molar-refractivity contribution in [1.82, 2.24) is 4.98 Å². The van der Waals surface area contributed by atoms with E-state index in [9.17, 15) is 5.11 Å². The highest BCUT2D eigenvalue weighted by molar-refractivity contribution is 6.31. The van der Waals surface area contributed by atoms with Crippen LogP contribution in [0.15, 0.2) is 18.5 Å². The van der Waals surface area contributed by atoms with Gasteiger partial charge in [0.1, 0.15) is 0 Å². The van der Waals surface area contributed by atoms with Crippen LogP contribution in [0.4, 0.5) is 0 Å². The Labute approximate surface area is 120 Å². The molecule has 0 radical (unpaired) electrons. The standard InChI is InChI=1S/C15H22ClNO2/c1-2-19-15(7-4-3-5-8-15)14(18)10-12-6-9-17-11-13(12)16/h6,9,11,14,18H,2-5,7-8,10H2,1H3. The molecule has 4 heteroatoms. The topological polar surface area (TPSA) is 42.4 Å². The van der Waals surface area contributed by atoms with Crippen molar-refractivity contribution < 1.29 is 9.84 Å². The molecule has 1 atom stereocenters. The predicted molar refractivity (Wildman–Crippen MR) is 76.4 cm³/mol. The summed E-state index contributed by atoms with van der Waals surface area (Å²) in [4.78, 5) is 3.97. The number of rotatable bonds is 5. The van der Waals surface area contributed by atoms with E-state index in [0.717, 1.165) is 31.2 Å². The number of hydrogen-bond donors (Lipinski definition) is 1. The van der Waals surface area contributed by atoms with E-state index in [2.05, 4.69) is 4.98 Å². The number of pyridine rings is 1. The van der Waals surface area contributed by atoms with Crippen LogP contribution in [0.5, 0.6) is 0 Å². The molecule has 0 bridgehead atoms. The van der Waals surface area contributed by atoms with Crippen molar-refractivity contribution >= 4 is 11.6 Å². The summed E-state index contributed by atoms with van der Waals surface area (Å²) in [5.41, 5.74) is 0.549. The third kappa shape index (κ3) is 3.47. The van der Waals surface area contributed by atoms with Crippen molar-refractivity contribution in [2.75, 3.05) is 6.61 Å². The summed E-state index contributed by atoms with van der Waals surface area (Å²) in [6, 6.07) is 1.87. The molecule has 3 nitrogen and oxygen atoms in total. The first-order valence-corrected chi connectivity index (χ1v) is 7.46. The molecule has 0 aromatic carbocycles. The maximum atomic E-state index is 10.6. The fourth-order valence-corrected chi connectivity index (χ4v) is 3.17. The zero-order valence-corrected chi connectivity index (χ0v) is 12.2. The zero-order chi connectivity index (χ0) is 13.7. The van der Waals surface area contributed by atoms with Gasteiger partial charge in [-0.3, -0.25) is 4.98 Å². The Morgan fingerprint density at radius 1 is 1.42 bits per heavy atom. The second-order valence-corrected chi connectivity index (χ2v) is 5.65. The number of aliphatic hydroxyl groups is 1. The summed E-state index contributed by atoms with van der Waals surface area (Å²) in [6.07, 6.45) is 8.71. The molecule has 0 spiro atoms. The summed E-state index contributed by atoms with van der Waals surface area (Å²) < 4.78 is 5.94. The van der Waals surface area contributed by atoms with Gasteiger partial charge in [-0.15, -0.1) is 0 Å². The average molecular weight is 284 g/mol. The molecular formula is C15H22ClNO2. The fraction of sp³-hybridized carbons (Fsp3) is 0.667. The van der Waals surface area contributed by atoms with Crippen LogP contribution in [-0.4, -0.2) is 28.4 Å². The van der Waals surface area contributed by atoms with Gasteiger partial charge in [0.15, 0.2) is 0 Å². The molecule has 1 heterocycles. The first kappa shape index (κ1) is 14.8. The van der Waals surface area contributed by atoms with E-state index in [1.54, 1.807) is 12.4 Å². The minimum absolute atomic E-state index is 0.389. The highest BCUT2D eigenvalue weighted by Gasteiger charge is 2.39. The first-order valence-electron chi connectivity index (χ1n) is 7.08. The van der Waals surface area contributed by atoms with Gasteiger partial charge in [-0.1, -0.05) is 30.9 Å². The van der Waals surface area contributed by atoms with Gasteiger partial charge in [-0.25, -0.2) is 0 Å². The third-order valence-electron chi connectivity index (χ3n) is 4.01. The maximum absolute atomic E-state index is 10.6. The molecule has 0 saturated heterocycles. The van der Waals surface area contributed by atoms with Crippen LogP contribution in [-0.2, 0) is 11.2 Å². The molecule has 1 unspecified atom stereocenters. The minimum atomic E-state index is -0.507. The van der Waals surface area contributed by atoms with Crippen LogP contribution in [0.1, 0.15) is 44.6 Å². The smallest absolute Gasteiger partial charge is 0.0943 e. The van der Waals surface area contributed by atoms with Gasteiger partial charge in [0, 0.05) is 25.4 Å². The molecule has 0 amide bonds. The average Bonchev–Trinajstić information content (AvgIpc) is 2.42. The van der Waals surface area contributed by atoms with E-state index < -0.39 is 6.10 Å². The van der Waals surface area contributed by atoms with Gasteiger partial charge < -0.3 is 9.84 Å². The molecular weight excluding hydrogens is 262 g/mol. The van der Waals surface area contributed by atoms with Crippen molar-refractivity contribution in [3.8, 4) is 0 Å². The Bertz CT molecular complexity index is 399. The molecule has 1 aromatic heterocycles. The van der Waals surface area contributed by atoms with Crippen LogP contribution in [0.3, 0.4) is 0 Å². The summed E-state index contributed by atoms with van der Waals surface area (Å²) in [5.74, 6) is 0. The lowest BCUT2D eigenvalue weighted by Gasteiger charge is -2.41. The van der Waals surface area contributed by atoms with Crippen LogP contribution < -0.4 is 0 Å². The first-order chi connectivity index (χ1) is 9.18. The number of aliphatic hydroxyl groups excluding tert-OH is 1. The Hall–Kier alpha value is -0.640. The second kappa shape index (κ2) is 6.69. The van der Waals surface area contributed by atoms with Crippen LogP contribution >= 0.6 is 11.6 Å². The largest absolute Gasteiger partial charge is 0.390 e. The maximum Gasteiger partial charge on any atom is 0.0943 e. The van der Waals surface area contributed by atoms with Crippen molar-refractivity contribution in [3.63, 3.8) is 0 Å². The quantitative estimate of drug-likeness (QED) is 0.901. The Kier molecular flexibility index (Phi) is 5.20. The van der Waals surface area contributed by atoms with Gasteiger partial charge in [0.2, 0.25) is 0 Å². The molecule has 106 valence electrons. The van der Waals surface area contributed by atoms with E-state index in [1.807, 2.05) is 13.0 Å². The van der Waals surface area contributed by atoms with Gasteiger partial charge in [-0.2, -0.15) is 0 Å². The van der Waals surface area contributed by atoms with Gasteiger partial charge in [-0.05, 0) is 31.4 Å². The molecule has 19 heavy (non-hydrogen) atoms. The molecule has 1 fully saturated rings. The number of hydrogen-bond acceptors (Lipinski definition) is 3. The van der Waals surface area contributed by atoms with E-state index in [0.29, 0.717) is 18.1 Å². The van der Waals surface area contributed by atoms with Crippen molar-refractivity contribution in [2.45, 2.75) is 57.2 Å². The van der Waals surface area contributed by atoms with Crippen LogP contribution in [0.2, 0.25) is 5.02 Å². The highest BCUT2D eigenvalue weighted by Crippen LogP contribution is 2.36. The van der Waals surface area contributed by atoms with E-state index in [1.165, 1.54) is 6.42 Å². The van der Waals surface area contributed by atoms with Gasteiger partial charge in [0.25, 0.3) is 0 Å². The Morgan fingerprint density at radius 3 is 2.79 bits per heavy atom. The fourth-order valence-electron chi connectivity index (χ4n) is 2.98. The lowest BCUT2D eigenvalue weighted by molar-refractivity contribution is -0.138. The monoisotopic (exact) mass is 283 g/mol. The summed E-state index contributed by atoms with van der Waals surface area (Å²) >= 11 is 6.12. The van der Waals surface area contributed by atoms with Crippen molar-refractivity contribution in [1.29, 1.82) is 0 Å². The van der Waals surface area contributed by atoms with E-state index >= 15 is 0 Å². The molecule has 1 aliphatic rings. The van der Waals surface area contributed by atoms with Crippen LogP contribution in [0.25, 0.3) is 0 Å². The molecule has 1 N–H and O–H groups in total. The number of ether oxygens (including phenoxy) is 1. The van der Waals surface area contributed by atoms with Crippen molar-refractivity contribution in [2.24, 2.45) is 0 Å². The molecule has 1 aromatic rings. The Balaban J connectivity index is 2.11. The molecule has 1 saturated carbocycles. The highest BCUT2D eigenvalue weighted by atomic mass is 35.5. The van der Waals surface area contributed by atoms with Crippen LogP contribution in [0, 0.1) is 0 Å². The molecule has 1 aliphatic carbocycles. The van der Waals surface area contributed by atoms with Gasteiger partial charge in [0.05, 0.1) is 16.7 Å². The zero-order valence-electron chi connectivity index (χ0n) is 11.4. The summed E-state index contributed by atoms with van der Waals surface area (Å²) in [5, 5.41) is 11.2. The van der Waals surface area contributed by atoms with E-state index in [4.69, 9.17) is 16.3 Å².